The predicted octanol–water partition coefficient (Wildman–Crippen LogP) is 8.93. The summed E-state index contributed by atoms with van der Waals surface area (Å²) >= 11 is 0. The molecule has 147 valence electrons. The molecule has 1 radical (unpaired) electrons. The Kier molecular flexibility index (Phi) is 19.3. The van der Waals surface area contributed by atoms with Crippen LogP contribution in [0.4, 0.5) is 0 Å². The van der Waals surface area contributed by atoms with Crippen LogP contribution in [0.25, 0.3) is 0 Å². The first-order valence-electron chi connectivity index (χ1n) is 11.8. The van der Waals surface area contributed by atoms with Gasteiger partial charge in [0.2, 0.25) is 0 Å². The Morgan fingerprint density at radius 2 is 0.640 bits per heavy atom. The van der Waals surface area contributed by atoms with Crippen molar-refractivity contribution in [2.75, 3.05) is 0 Å². The standard InChI is InChI=1S/3C8H16.Y/c3*1-2-5-8-6-3-4-7-8;/h3*8H,2-7H2,1H3;. The molecule has 0 saturated heterocycles. The molecule has 25 heavy (non-hydrogen) atoms. The van der Waals surface area contributed by atoms with Crippen molar-refractivity contribution in [2.24, 2.45) is 17.8 Å². The normalized spacial score (nSPS) is 21.2. The molecule has 3 aliphatic rings. The van der Waals surface area contributed by atoms with Crippen molar-refractivity contribution in [1.82, 2.24) is 0 Å². The monoisotopic (exact) mass is 425 g/mol. The Labute approximate surface area is 186 Å². The van der Waals surface area contributed by atoms with Gasteiger partial charge in [0.15, 0.2) is 0 Å². The minimum absolute atomic E-state index is 0. The zero-order valence-electron chi connectivity index (χ0n) is 18.0. The van der Waals surface area contributed by atoms with E-state index in [0.717, 1.165) is 17.8 Å². The van der Waals surface area contributed by atoms with Gasteiger partial charge >= 0.3 is 0 Å². The van der Waals surface area contributed by atoms with Gasteiger partial charge in [0, 0.05) is 32.7 Å². The third-order valence-corrected chi connectivity index (χ3v) is 6.52. The van der Waals surface area contributed by atoms with E-state index in [1.54, 1.807) is 0 Å². The molecular weight excluding hydrogens is 377 g/mol. The number of hydrogen-bond acceptors (Lipinski definition) is 0. The van der Waals surface area contributed by atoms with Gasteiger partial charge in [-0.25, -0.2) is 0 Å². The van der Waals surface area contributed by atoms with Crippen LogP contribution in [0.15, 0.2) is 0 Å². The largest absolute Gasteiger partial charge is 0.0654 e. The maximum atomic E-state index is 2.29. The molecule has 3 rings (SSSR count). The molecule has 1 heteroatoms. The first-order valence-corrected chi connectivity index (χ1v) is 11.8. The van der Waals surface area contributed by atoms with Crippen LogP contribution in [0.1, 0.15) is 136 Å². The van der Waals surface area contributed by atoms with Crippen LogP contribution in [0.3, 0.4) is 0 Å². The van der Waals surface area contributed by atoms with Gasteiger partial charge in [-0.1, -0.05) is 136 Å². The molecule has 0 spiro atoms. The molecule has 0 N–H and O–H groups in total. The first-order chi connectivity index (χ1) is 11.8. The molecule has 0 aliphatic heterocycles. The fraction of sp³-hybridized carbons (Fsp3) is 1.00. The molecule has 0 atom stereocenters. The smallest absolute Gasteiger partial charge is 0 e. The Balaban J connectivity index is 0.000000339. The second kappa shape index (κ2) is 18.5. The van der Waals surface area contributed by atoms with Gasteiger partial charge in [0.1, 0.15) is 0 Å². The third-order valence-electron chi connectivity index (χ3n) is 6.52. The zero-order chi connectivity index (χ0) is 17.5. The maximum Gasteiger partial charge on any atom is 0 e. The van der Waals surface area contributed by atoms with Crippen LogP contribution >= 0.6 is 0 Å². The molecule has 0 nitrogen and oxygen atoms in total. The summed E-state index contributed by atoms with van der Waals surface area (Å²) in [5.41, 5.74) is 0. The average Bonchev–Trinajstić information content (AvgIpc) is 3.33. The van der Waals surface area contributed by atoms with Crippen molar-refractivity contribution in [2.45, 2.75) is 136 Å². The van der Waals surface area contributed by atoms with Gasteiger partial charge in [0.25, 0.3) is 0 Å². The SMILES string of the molecule is CCCC1CCCC1.CCCC1CCCC1.CCCC1CCCC1.[Y]. The van der Waals surface area contributed by atoms with Crippen molar-refractivity contribution >= 4 is 0 Å². The quantitative estimate of drug-likeness (QED) is 0.398. The van der Waals surface area contributed by atoms with Crippen molar-refractivity contribution in [3.05, 3.63) is 0 Å². The van der Waals surface area contributed by atoms with E-state index in [1.165, 1.54) is 116 Å². The summed E-state index contributed by atoms with van der Waals surface area (Å²) in [6, 6.07) is 0. The Bertz CT molecular complexity index is 202. The molecule has 0 amide bonds. The summed E-state index contributed by atoms with van der Waals surface area (Å²) in [5.74, 6) is 3.33. The van der Waals surface area contributed by atoms with Crippen molar-refractivity contribution in [3.63, 3.8) is 0 Å². The Morgan fingerprint density at radius 1 is 0.440 bits per heavy atom. The van der Waals surface area contributed by atoms with Gasteiger partial charge in [-0.2, -0.15) is 0 Å². The summed E-state index contributed by atoms with van der Waals surface area (Å²) in [5, 5.41) is 0. The fourth-order valence-corrected chi connectivity index (χ4v) is 5.12. The molecule has 3 fully saturated rings. The number of hydrogen-bond donors (Lipinski definition) is 0. The van der Waals surface area contributed by atoms with Gasteiger partial charge in [-0.15, -0.1) is 0 Å². The van der Waals surface area contributed by atoms with Gasteiger partial charge < -0.3 is 0 Å². The molecule has 0 aromatic carbocycles. The van der Waals surface area contributed by atoms with Gasteiger partial charge in [-0.05, 0) is 17.8 Å². The van der Waals surface area contributed by atoms with Crippen LogP contribution in [-0.2, 0) is 32.7 Å². The summed E-state index contributed by atoms with van der Waals surface area (Å²) in [4.78, 5) is 0. The van der Waals surface area contributed by atoms with Crippen molar-refractivity contribution < 1.29 is 32.7 Å². The van der Waals surface area contributed by atoms with E-state index in [1.807, 2.05) is 0 Å². The first kappa shape index (κ1) is 26.1. The van der Waals surface area contributed by atoms with E-state index in [9.17, 15) is 0 Å². The van der Waals surface area contributed by atoms with E-state index in [2.05, 4.69) is 20.8 Å². The average molecular weight is 426 g/mol. The van der Waals surface area contributed by atoms with Gasteiger partial charge in [-0.3, -0.25) is 0 Å². The summed E-state index contributed by atoms with van der Waals surface area (Å²) in [6.45, 7) is 6.87. The molecule has 3 saturated carbocycles. The van der Waals surface area contributed by atoms with Crippen molar-refractivity contribution in [3.8, 4) is 0 Å². The summed E-state index contributed by atoms with van der Waals surface area (Å²) < 4.78 is 0. The molecule has 0 unspecified atom stereocenters. The van der Waals surface area contributed by atoms with E-state index in [4.69, 9.17) is 0 Å². The zero-order valence-corrected chi connectivity index (χ0v) is 20.9. The summed E-state index contributed by atoms with van der Waals surface area (Å²) in [6.07, 6.45) is 26.8. The van der Waals surface area contributed by atoms with E-state index in [0.29, 0.717) is 0 Å². The van der Waals surface area contributed by atoms with E-state index >= 15 is 0 Å². The molecule has 0 aromatic rings. The topological polar surface area (TPSA) is 0 Å². The molecule has 3 aliphatic carbocycles. The van der Waals surface area contributed by atoms with Crippen LogP contribution in [0, 0.1) is 17.8 Å². The van der Waals surface area contributed by atoms with Gasteiger partial charge in [0.05, 0.1) is 0 Å². The Hall–Kier alpha value is 1.10. The molecular formula is C24H48Y. The predicted molar refractivity (Wildman–Crippen MR) is 111 cm³/mol. The minimum Gasteiger partial charge on any atom is -0.0654 e. The second-order valence-corrected chi connectivity index (χ2v) is 8.82. The van der Waals surface area contributed by atoms with Crippen LogP contribution in [0.5, 0.6) is 0 Å². The molecule has 0 aromatic heterocycles. The van der Waals surface area contributed by atoms with E-state index < -0.39 is 0 Å². The van der Waals surface area contributed by atoms with Crippen LogP contribution in [0.2, 0.25) is 0 Å². The maximum absolute atomic E-state index is 2.29. The minimum atomic E-state index is 0. The molecule has 0 heterocycles. The van der Waals surface area contributed by atoms with Crippen LogP contribution in [-0.4, -0.2) is 0 Å². The van der Waals surface area contributed by atoms with E-state index in [-0.39, 0.29) is 32.7 Å². The molecule has 0 bridgehead atoms. The third kappa shape index (κ3) is 13.9. The Morgan fingerprint density at radius 3 is 0.800 bits per heavy atom. The summed E-state index contributed by atoms with van der Waals surface area (Å²) in [7, 11) is 0. The fourth-order valence-electron chi connectivity index (χ4n) is 5.12. The number of rotatable bonds is 6. The van der Waals surface area contributed by atoms with Crippen molar-refractivity contribution in [1.29, 1.82) is 0 Å². The second-order valence-electron chi connectivity index (χ2n) is 8.82. The van der Waals surface area contributed by atoms with Crippen LogP contribution < -0.4 is 0 Å².